The van der Waals surface area contributed by atoms with E-state index in [9.17, 15) is 14.9 Å². The Labute approximate surface area is 164 Å². The number of benzene rings is 2. The quantitative estimate of drug-likeness (QED) is 0.304. The minimum Gasteiger partial charge on any atom is -0.268 e. The van der Waals surface area contributed by atoms with E-state index >= 15 is 0 Å². The summed E-state index contributed by atoms with van der Waals surface area (Å²) in [6, 6.07) is 13.1. The Balaban J connectivity index is 1.80. The number of nitro groups is 1. The molecule has 0 spiro atoms. The number of allylic oxidation sites excluding steroid dienone is 2. The van der Waals surface area contributed by atoms with Crippen LogP contribution < -0.4 is 4.90 Å². The van der Waals surface area contributed by atoms with Crippen molar-refractivity contribution in [2.45, 2.75) is 0 Å². The van der Waals surface area contributed by atoms with Gasteiger partial charge in [0.25, 0.3) is 11.6 Å². The fraction of sp³-hybridized carbons (Fsp3) is 0. The van der Waals surface area contributed by atoms with E-state index in [2.05, 4.69) is 0 Å². The molecule has 1 aliphatic rings. The number of hydrogen-bond acceptors (Lipinski definition) is 5. The van der Waals surface area contributed by atoms with Crippen LogP contribution in [0.5, 0.6) is 0 Å². The average Bonchev–Trinajstić information content (AvgIpc) is 2.90. The van der Waals surface area contributed by atoms with Crippen LogP contribution in [0.4, 0.5) is 11.4 Å². The highest BCUT2D eigenvalue weighted by atomic mass is 35.5. The molecule has 1 amide bonds. The Bertz CT molecular complexity index is 955. The van der Waals surface area contributed by atoms with Gasteiger partial charge in [0.2, 0.25) is 0 Å². The summed E-state index contributed by atoms with van der Waals surface area (Å²) in [4.78, 5) is 24.7. The fourth-order valence-corrected chi connectivity index (χ4v) is 3.73. The first-order valence-electron chi connectivity index (χ1n) is 7.41. The van der Waals surface area contributed by atoms with Crippen molar-refractivity contribution in [2.75, 3.05) is 4.90 Å². The highest BCUT2D eigenvalue weighted by Crippen LogP contribution is 2.35. The predicted octanol–water partition coefficient (Wildman–Crippen LogP) is 5.21. The summed E-state index contributed by atoms with van der Waals surface area (Å²) in [5.41, 5.74) is 1.30. The van der Waals surface area contributed by atoms with E-state index in [4.69, 9.17) is 23.8 Å². The highest BCUT2D eigenvalue weighted by Gasteiger charge is 2.33. The molecule has 0 saturated carbocycles. The summed E-state index contributed by atoms with van der Waals surface area (Å²) in [7, 11) is 0. The molecular formula is C18H11ClN2O3S2. The topological polar surface area (TPSA) is 63.5 Å². The molecule has 26 heavy (non-hydrogen) atoms. The molecule has 0 aromatic heterocycles. The number of rotatable bonds is 4. The number of thioether (sulfide) groups is 1. The van der Waals surface area contributed by atoms with Gasteiger partial charge in [0.15, 0.2) is 4.32 Å². The Morgan fingerprint density at radius 3 is 2.50 bits per heavy atom. The highest BCUT2D eigenvalue weighted by molar-refractivity contribution is 8.27. The molecule has 0 bridgehead atoms. The van der Waals surface area contributed by atoms with Gasteiger partial charge in [-0.15, -0.1) is 0 Å². The van der Waals surface area contributed by atoms with Crippen molar-refractivity contribution in [3.8, 4) is 0 Å². The first kappa shape index (κ1) is 18.3. The summed E-state index contributed by atoms with van der Waals surface area (Å²) >= 11 is 12.5. The Kier molecular flexibility index (Phi) is 5.51. The number of non-ortho nitro benzene ring substituents is 1. The molecule has 2 aromatic rings. The van der Waals surface area contributed by atoms with Crippen LogP contribution in [0.25, 0.3) is 6.08 Å². The Morgan fingerprint density at radius 2 is 1.85 bits per heavy atom. The van der Waals surface area contributed by atoms with Crippen LogP contribution in [0.15, 0.2) is 65.6 Å². The zero-order valence-electron chi connectivity index (χ0n) is 13.2. The first-order valence-corrected chi connectivity index (χ1v) is 9.01. The lowest BCUT2D eigenvalue weighted by molar-refractivity contribution is -0.384. The number of nitro benzene ring substituents is 1. The van der Waals surface area contributed by atoms with Gasteiger partial charge < -0.3 is 0 Å². The van der Waals surface area contributed by atoms with Crippen LogP contribution >= 0.6 is 35.6 Å². The molecule has 0 radical (unpaired) electrons. The normalized spacial score (nSPS) is 16.0. The van der Waals surface area contributed by atoms with E-state index in [0.717, 1.165) is 5.56 Å². The van der Waals surface area contributed by atoms with E-state index in [-0.39, 0.29) is 11.6 Å². The van der Waals surface area contributed by atoms with Crippen LogP contribution in [-0.2, 0) is 4.79 Å². The van der Waals surface area contributed by atoms with Crippen molar-refractivity contribution in [3.63, 3.8) is 0 Å². The molecule has 130 valence electrons. The standard InChI is InChI=1S/C18H11ClN2O3S2/c19-15-6-2-1-4-12(15)5-3-7-16-17(22)20(18(25)26-16)13-8-10-14(11-9-13)21(23)24/h1-11H. The lowest BCUT2D eigenvalue weighted by atomic mass is 10.2. The van der Waals surface area contributed by atoms with E-state index in [0.29, 0.717) is 19.9 Å². The van der Waals surface area contributed by atoms with Crippen molar-refractivity contribution >= 4 is 63.3 Å². The van der Waals surface area contributed by atoms with Crippen molar-refractivity contribution < 1.29 is 9.72 Å². The number of thiocarbonyl (C=S) groups is 1. The third kappa shape index (κ3) is 3.85. The molecule has 0 unspecified atom stereocenters. The minimum absolute atomic E-state index is 0.0441. The number of carbonyl (C=O) groups is 1. The van der Waals surface area contributed by atoms with Gasteiger partial charge >= 0.3 is 0 Å². The molecule has 5 nitrogen and oxygen atoms in total. The van der Waals surface area contributed by atoms with Gasteiger partial charge in [-0.2, -0.15) is 0 Å². The van der Waals surface area contributed by atoms with Crippen molar-refractivity contribution in [1.82, 2.24) is 0 Å². The average molecular weight is 403 g/mol. The lowest BCUT2D eigenvalue weighted by Gasteiger charge is -2.13. The number of nitrogens with zero attached hydrogens (tertiary/aromatic N) is 2. The van der Waals surface area contributed by atoms with E-state index in [1.807, 2.05) is 18.2 Å². The second-order valence-electron chi connectivity index (χ2n) is 5.19. The molecule has 1 heterocycles. The number of carbonyl (C=O) groups excluding carboxylic acids is 1. The number of hydrogen-bond donors (Lipinski definition) is 0. The van der Waals surface area contributed by atoms with Gasteiger partial charge in [-0.25, -0.2) is 0 Å². The SMILES string of the molecule is O=C1C(=CC=Cc2ccccc2Cl)SC(=S)N1c1ccc([N+](=O)[O-])cc1. The van der Waals surface area contributed by atoms with E-state index in [1.54, 1.807) is 24.3 Å². The third-order valence-electron chi connectivity index (χ3n) is 3.54. The van der Waals surface area contributed by atoms with Gasteiger partial charge in [-0.1, -0.05) is 65.9 Å². The molecule has 2 aromatic carbocycles. The molecule has 0 aliphatic carbocycles. The van der Waals surface area contributed by atoms with Gasteiger partial charge in [0.05, 0.1) is 15.5 Å². The zero-order chi connectivity index (χ0) is 18.7. The smallest absolute Gasteiger partial charge is 0.268 e. The molecule has 1 aliphatic heterocycles. The molecule has 8 heteroatoms. The number of halogens is 1. The lowest BCUT2D eigenvalue weighted by Crippen LogP contribution is -2.27. The summed E-state index contributed by atoms with van der Waals surface area (Å²) in [5, 5.41) is 11.4. The molecular weight excluding hydrogens is 392 g/mol. The van der Waals surface area contributed by atoms with Gasteiger partial charge in [-0.05, 0) is 29.8 Å². The van der Waals surface area contributed by atoms with Crippen molar-refractivity contribution in [2.24, 2.45) is 0 Å². The van der Waals surface area contributed by atoms with Crippen LogP contribution in [0.1, 0.15) is 5.56 Å². The van der Waals surface area contributed by atoms with Crippen LogP contribution in [0.3, 0.4) is 0 Å². The monoisotopic (exact) mass is 402 g/mol. The maximum Gasteiger partial charge on any atom is 0.270 e. The molecule has 3 rings (SSSR count). The van der Waals surface area contributed by atoms with Gasteiger partial charge in [0.1, 0.15) is 0 Å². The van der Waals surface area contributed by atoms with Crippen LogP contribution in [-0.4, -0.2) is 15.2 Å². The maximum absolute atomic E-state index is 12.6. The zero-order valence-corrected chi connectivity index (χ0v) is 15.6. The number of amides is 1. The second-order valence-corrected chi connectivity index (χ2v) is 7.28. The van der Waals surface area contributed by atoms with E-state index < -0.39 is 4.92 Å². The third-order valence-corrected chi connectivity index (χ3v) is 5.21. The van der Waals surface area contributed by atoms with Crippen molar-refractivity contribution in [3.05, 3.63) is 86.3 Å². The summed E-state index contributed by atoms with van der Waals surface area (Å²) in [5.74, 6) is -0.266. The second kappa shape index (κ2) is 7.82. The fourth-order valence-electron chi connectivity index (χ4n) is 2.28. The maximum atomic E-state index is 12.6. The Morgan fingerprint density at radius 1 is 1.15 bits per heavy atom. The van der Waals surface area contributed by atoms with Crippen LogP contribution in [0, 0.1) is 10.1 Å². The van der Waals surface area contributed by atoms with Crippen molar-refractivity contribution in [1.29, 1.82) is 0 Å². The van der Waals surface area contributed by atoms with E-state index in [1.165, 1.54) is 40.9 Å². The van der Waals surface area contributed by atoms with Gasteiger partial charge in [0, 0.05) is 17.2 Å². The Hall–Kier alpha value is -2.48. The summed E-state index contributed by atoms with van der Waals surface area (Å²) in [6.07, 6.45) is 5.22. The van der Waals surface area contributed by atoms with Gasteiger partial charge in [-0.3, -0.25) is 19.8 Å². The molecule has 0 N–H and O–H groups in total. The number of anilines is 1. The first-order chi connectivity index (χ1) is 12.5. The summed E-state index contributed by atoms with van der Waals surface area (Å²) < 4.78 is 0.376. The molecule has 1 saturated heterocycles. The largest absolute Gasteiger partial charge is 0.270 e. The van der Waals surface area contributed by atoms with Crippen LogP contribution in [0.2, 0.25) is 5.02 Å². The predicted molar refractivity (Wildman–Crippen MR) is 109 cm³/mol. The molecule has 0 atom stereocenters. The molecule has 1 fully saturated rings. The minimum atomic E-state index is -0.493. The summed E-state index contributed by atoms with van der Waals surface area (Å²) in [6.45, 7) is 0.